The van der Waals surface area contributed by atoms with Crippen LogP contribution in [0.2, 0.25) is 10.0 Å². The summed E-state index contributed by atoms with van der Waals surface area (Å²) in [6, 6.07) is 0.737. The number of anilines is 1. The number of hydrogen-bond donors (Lipinski definition) is 2. The van der Waals surface area contributed by atoms with Gasteiger partial charge in [0.2, 0.25) is 0 Å². The fourth-order valence-corrected chi connectivity index (χ4v) is 3.31. The van der Waals surface area contributed by atoms with Crippen LogP contribution in [0.1, 0.15) is 49.6 Å². The van der Waals surface area contributed by atoms with E-state index in [0.717, 1.165) is 16.8 Å². The zero-order valence-corrected chi connectivity index (χ0v) is 16.9. The molecule has 30 heavy (non-hydrogen) atoms. The van der Waals surface area contributed by atoms with Crippen molar-refractivity contribution < 1.29 is 21.5 Å². The highest BCUT2D eigenvalue weighted by molar-refractivity contribution is 6.36. The Morgan fingerprint density at radius 1 is 1.40 bits per heavy atom. The van der Waals surface area contributed by atoms with Gasteiger partial charge in [0.1, 0.15) is 11.9 Å². The Hall–Kier alpha value is -2.35. The van der Waals surface area contributed by atoms with Crippen LogP contribution in [0.3, 0.4) is 0 Å². The minimum absolute atomic E-state index is 0.202. The van der Waals surface area contributed by atoms with E-state index in [1.165, 1.54) is 24.7 Å². The third kappa shape index (κ3) is 4.24. The van der Waals surface area contributed by atoms with Crippen LogP contribution in [0.5, 0.6) is 5.75 Å². The Morgan fingerprint density at radius 2 is 2.20 bits per heavy atom. The molecule has 0 bridgehead atoms. The first-order valence-electron chi connectivity index (χ1n) is 13.2. The van der Waals surface area contributed by atoms with E-state index in [-0.39, 0.29) is 35.1 Å². The zero-order valence-electron chi connectivity index (χ0n) is 24.3. The zero-order chi connectivity index (χ0) is 29.2. The number of nitrogens with one attached hydrogen (secondary N) is 1. The molecule has 0 spiro atoms. The predicted octanol–water partition coefficient (Wildman–Crippen LogP) is 5.04. The molecular weight excluding hydrogens is 428 g/mol. The van der Waals surface area contributed by atoms with Crippen molar-refractivity contribution in [3.63, 3.8) is 0 Å². The van der Waals surface area contributed by atoms with E-state index in [2.05, 4.69) is 15.4 Å². The van der Waals surface area contributed by atoms with Gasteiger partial charge in [0, 0.05) is 43.7 Å². The highest BCUT2D eigenvalue weighted by Crippen LogP contribution is 2.37. The van der Waals surface area contributed by atoms with Crippen LogP contribution in [0.25, 0.3) is 11.1 Å². The highest BCUT2D eigenvalue weighted by atomic mass is 35.5. The monoisotopic (exact) mass is 458 g/mol. The van der Waals surface area contributed by atoms with Crippen molar-refractivity contribution in [2.45, 2.75) is 31.7 Å². The average Bonchev–Trinajstić information content (AvgIpc) is 3.31. The van der Waals surface area contributed by atoms with Gasteiger partial charge in [0.25, 0.3) is 0 Å². The lowest BCUT2D eigenvalue weighted by atomic mass is 10.1. The number of nitrogens with zero attached hydrogens (tertiary/aromatic N) is 3. The minimum Gasteiger partial charge on any atom is -0.482 e. The molecule has 1 aliphatic heterocycles. The van der Waals surface area contributed by atoms with Crippen LogP contribution in [0, 0.1) is 5.82 Å². The van der Waals surface area contributed by atoms with Crippen LogP contribution >= 0.6 is 23.2 Å². The third-order valence-corrected chi connectivity index (χ3v) is 4.96. The molecule has 3 N–H and O–H groups in total. The van der Waals surface area contributed by atoms with Crippen molar-refractivity contribution in [2.24, 2.45) is 0 Å². The first-order chi connectivity index (χ1) is 17.9. The Bertz CT molecular complexity index is 1400. The number of piperidine rings is 1. The molecule has 3 heterocycles. The summed E-state index contributed by atoms with van der Waals surface area (Å²) >= 11 is 12.1. The molecule has 9 heteroatoms. The number of rotatable bonds is 5. The number of ether oxygens (including phenoxy) is 1. The van der Waals surface area contributed by atoms with Gasteiger partial charge in [0.05, 0.1) is 20.0 Å². The molecular formula is C21H22Cl2FN5O. The van der Waals surface area contributed by atoms with Crippen LogP contribution in [0.15, 0.2) is 36.8 Å². The summed E-state index contributed by atoms with van der Waals surface area (Å²) < 4.78 is 95.1. The van der Waals surface area contributed by atoms with Gasteiger partial charge in [-0.15, -0.1) is 0 Å². The standard InChI is InChI=1S/C21H22Cl2FN5O/c1-12(19-16(22)2-3-17(24)20(19)23)30-18-8-13(9-27-21(18)25)14-10-28-29(11-14)15-4-6-26-7-5-15/h2-3,8-12,15,26H,4-7H2,1H3,(H2,25,27)/t12-/m0/s1/i1D3,4D2,5D2,12D,15D. The summed E-state index contributed by atoms with van der Waals surface area (Å²) in [5.41, 5.74) is 5.71. The maximum Gasteiger partial charge on any atom is 0.166 e. The lowest BCUT2D eigenvalue weighted by molar-refractivity contribution is 0.227. The Labute approximate surface area is 196 Å². The van der Waals surface area contributed by atoms with Gasteiger partial charge in [-0.25, -0.2) is 9.37 Å². The van der Waals surface area contributed by atoms with Gasteiger partial charge in [-0.2, -0.15) is 5.10 Å². The molecule has 1 aromatic carbocycles. The number of nitrogen functional groups attached to an aromatic ring is 1. The SMILES string of the molecule is [2H]C1([2H])CNCC([2H])([2H])C1([2H])n1cc(-c2cnc(N)c(O[C@]([2H])(c3c(Cl)ccc(F)c3Cl)C([2H])([2H])[2H])c2)cn1. The second kappa shape index (κ2) is 8.79. The lowest BCUT2D eigenvalue weighted by Gasteiger charge is -2.22. The average molecular weight is 459 g/mol. The molecule has 3 aromatic rings. The quantitative estimate of drug-likeness (QED) is 0.523. The smallest absolute Gasteiger partial charge is 0.166 e. The van der Waals surface area contributed by atoms with E-state index in [9.17, 15) is 4.39 Å². The molecule has 0 unspecified atom stereocenters. The third-order valence-electron chi connectivity index (χ3n) is 4.27. The second-order valence-electron chi connectivity index (χ2n) is 6.24. The molecule has 0 radical (unpaired) electrons. The lowest BCUT2D eigenvalue weighted by Crippen LogP contribution is -2.29. The first-order valence-corrected chi connectivity index (χ1v) is 9.46. The van der Waals surface area contributed by atoms with Crippen LogP contribution < -0.4 is 15.8 Å². The van der Waals surface area contributed by atoms with Crippen molar-refractivity contribution in [3.8, 4) is 16.9 Å². The molecule has 1 aliphatic rings. The minimum atomic E-state index is -3.24. The molecule has 0 saturated carbocycles. The fourth-order valence-electron chi connectivity index (χ4n) is 2.76. The van der Waals surface area contributed by atoms with E-state index in [0.29, 0.717) is 0 Å². The van der Waals surface area contributed by atoms with Crippen LogP contribution in [-0.2, 0) is 0 Å². The molecule has 2 aromatic heterocycles. The maximum absolute atomic E-state index is 14.2. The normalized spacial score (nSPS) is 26.2. The maximum atomic E-state index is 14.2. The molecule has 1 fully saturated rings. The largest absolute Gasteiger partial charge is 0.482 e. The molecule has 1 saturated heterocycles. The fraction of sp³-hybridized carbons (Fsp3) is 0.333. The van der Waals surface area contributed by atoms with E-state index in [4.69, 9.17) is 46.0 Å². The van der Waals surface area contributed by atoms with Crippen molar-refractivity contribution in [1.29, 1.82) is 0 Å². The van der Waals surface area contributed by atoms with E-state index in [1.807, 2.05) is 0 Å². The number of halogens is 3. The Morgan fingerprint density at radius 3 is 2.97 bits per heavy atom. The van der Waals surface area contributed by atoms with Gasteiger partial charge in [0.15, 0.2) is 11.6 Å². The highest BCUT2D eigenvalue weighted by Gasteiger charge is 2.21. The summed E-state index contributed by atoms with van der Waals surface area (Å²) in [6.45, 7) is -3.80. The summed E-state index contributed by atoms with van der Waals surface area (Å²) in [5, 5.41) is 5.64. The van der Waals surface area contributed by atoms with E-state index in [1.54, 1.807) is 0 Å². The van der Waals surface area contributed by atoms with Crippen molar-refractivity contribution in [3.05, 3.63) is 58.2 Å². The molecule has 4 rings (SSSR count). The van der Waals surface area contributed by atoms with Gasteiger partial charge >= 0.3 is 0 Å². The van der Waals surface area contributed by atoms with E-state index < -0.39 is 53.8 Å². The van der Waals surface area contributed by atoms with E-state index >= 15 is 0 Å². The Kier molecular flexibility index (Phi) is 3.66. The van der Waals surface area contributed by atoms with Crippen LogP contribution in [0.4, 0.5) is 10.2 Å². The second-order valence-corrected chi connectivity index (χ2v) is 7.02. The Balaban J connectivity index is 1.79. The number of nitrogens with two attached hydrogens (primary N) is 1. The number of benzene rings is 1. The van der Waals surface area contributed by atoms with Crippen molar-refractivity contribution >= 4 is 29.0 Å². The number of aromatic nitrogens is 3. The topological polar surface area (TPSA) is 78.0 Å². The summed E-state index contributed by atoms with van der Waals surface area (Å²) in [5.74, 6) is -1.73. The number of pyridine rings is 1. The molecule has 0 aliphatic carbocycles. The van der Waals surface area contributed by atoms with Gasteiger partial charge in [-0.1, -0.05) is 23.2 Å². The summed E-state index contributed by atoms with van der Waals surface area (Å²) in [6.07, 6.45) is -3.98. The first kappa shape index (κ1) is 12.5. The van der Waals surface area contributed by atoms with Gasteiger partial charge in [-0.3, -0.25) is 4.68 Å². The molecule has 158 valence electrons. The van der Waals surface area contributed by atoms with Gasteiger partial charge < -0.3 is 15.8 Å². The molecule has 1 atom stereocenters. The van der Waals surface area contributed by atoms with Crippen molar-refractivity contribution in [2.75, 3.05) is 18.8 Å². The summed E-state index contributed by atoms with van der Waals surface area (Å²) in [7, 11) is 0. The summed E-state index contributed by atoms with van der Waals surface area (Å²) in [4.78, 5) is 3.98. The predicted molar refractivity (Wildman–Crippen MR) is 116 cm³/mol. The van der Waals surface area contributed by atoms with Crippen LogP contribution in [-0.4, -0.2) is 27.9 Å². The number of hydrogen-bond acceptors (Lipinski definition) is 5. The molecule has 0 amide bonds. The molecule has 6 nitrogen and oxygen atoms in total. The van der Waals surface area contributed by atoms with Crippen molar-refractivity contribution in [1.82, 2.24) is 20.1 Å². The van der Waals surface area contributed by atoms with Gasteiger partial charge in [-0.05, 0) is 50.9 Å².